The molecule has 2 N–H and O–H groups in total. The molecule has 0 radical (unpaired) electrons. The number of nitrogens with zero attached hydrogens (tertiary/aromatic N) is 2. The lowest BCUT2D eigenvalue weighted by atomic mass is 10.1. The van der Waals surface area contributed by atoms with E-state index in [1.54, 1.807) is 28.9 Å². The van der Waals surface area contributed by atoms with Crippen LogP contribution in [0.5, 0.6) is 5.75 Å². The Balaban J connectivity index is 1.87. The van der Waals surface area contributed by atoms with E-state index in [9.17, 15) is 13.2 Å². The highest BCUT2D eigenvalue weighted by Gasteiger charge is 2.26. The van der Waals surface area contributed by atoms with Crippen molar-refractivity contribution < 1.29 is 17.9 Å². The van der Waals surface area contributed by atoms with Crippen LogP contribution < -0.4 is 10.5 Å². The lowest BCUT2D eigenvalue weighted by Crippen LogP contribution is -2.13. The average Bonchev–Trinajstić information content (AvgIpc) is 2.97. The molecule has 3 aromatic rings. The maximum Gasteiger partial charge on any atom is 0.392 e. The van der Waals surface area contributed by atoms with Gasteiger partial charge in [-0.1, -0.05) is 30.3 Å². The van der Waals surface area contributed by atoms with E-state index < -0.39 is 19.2 Å². The van der Waals surface area contributed by atoms with Crippen molar-refractivity contribution in [2.45, 2.75) is 12.6 Å². The van der Waals surface area contributed by atoms with E-state index in [1.165, 1.54) is 0 Å². The maximum atomic E-state index is 12.2. The van der Waals surface area contributed by atoms with Gasteiger partial charge in [0.05, 0.1) is 24.4 Å². The lowest BCUT2D eigenvalue weighted by Gasteiger charge is -2.11. The van der Waals surface area contributed by atoms with Gasteiger partial charge in [-0.15, -0.1) is 0 Å². The van der Waals surface area contributed by atoms with Crippen molar-refractivity contribution in [2.24, 2.45) is 0 Å². The van der Waals surface area contributed by atoms with Gasteiger partial charge < -0.3 is 10.5 Å². The highest BCUT2D eigenvalue weighted by atomic mass is 19.4. The summed E-state index contributed by atoms with van der Waals surface area (Å²) in [5, 5.41) is 4.29. The van der Waals surface area contributed by atoms with Gasteiger partial charge in [0.15, 0.2) is 0 Å². The van der Waals surface area contributed by atoms with Crippen LogP contribution in [0.2, 0.25) is 0 Å². The first-order valence-corrected chi connectivity index (χ1v) is 7.63. The van der Waals surface area contributed by atoms with Crippen molar-refractivity contribution in [3.63, 3.8) is 0 Å². The Morgan fingerprint density at radius 1 is 1.00 bits per heavy atom. The average molecular weight is 347 g/mol. The lowest BCUT2D eigenvalue weighted by molar-refractivity contribution is -0.139. The van der Waals surface area contributed by atoms with Crippen LogP contribution in [0, 0.1) is 0 Å². The number of hydrogen-bond donors (Lipinski definition) is 1. The van der Waals surface area contributed by atoms with Gasteiger partial charge >= 0.3 is 6.18 Å². The molecule has 1 heterocycles. The van der Waals surface area contributed by atoms with E-state index >= 15 is 0 Å². The maximum absolute atomic E-state index is 12.2. The fourth-order valence-electron chi connectivity index (χ4n) is 2.40. The largest absolute Gasteiger partial charge is 0.493 e. The smallest absolute Gasteiger partial charge is 0.392 e. The highest BCUT2D eigenvalue weighted by molar-refractivity contribution is 5.66. The number of aromatic nitrogens is 2. The van der Waals surface area contributed by atoms with Gasteiger partial charge in [-0.3, -0.25) is 0 Å². The molecule has 0 saturated heterocycles. The number of ether oxygens (including phenoxy) is 1. The van der Waals surface area contributed by atoms with E-state index in [-0.39, 0.29) is 0 Å². The van der Waals surface area contributed by atoms with E-state index in [0.29, 0.717) is 11.6 Å². The number of rotatable bonds is 5. The van der Waals surface area contributed by atoms with Gasteiger partial charge in [0.2, 0.25) is 0 Å². The molecular weight excluding hydrogens is 331 g/mol. The number of alkyl halides is 3. The Labute approximate surface area is 142 Å². The molecule has 0 saturated carbocycles. The van der Waals surface area contributed by atoms with Gasteiger partial charge in [-0.05, 0) is 24.3 Å². The second kappa shape index (κ2) is 6.88. The summed E-state index contributed by atoms with van der Waals surface area (Å²) in [5.41, 5.74) is 8.14. The van der Waals surface area contributed by atoms with Crippen molar-refractivity contribution in [3.05, 3.63) is 60.7 Å². The normalized spacial score (nSPS) is 11.5. The fraction of sp³-hybridized carbons (Fsp3) is 0.167. The van der Waals surface area contributed by atoms with Crippen LogP contribution in [0.1, 0.15) is 6.42 Å². The summed E-state index contributed by atoms with van der Waals surface area (Å²) < 4.78 is 43.6. The van der Waals surface area contributed by atoms with Gasteiger partial charge in [0.1, 0.15) is 11.6 Å². The third kappa shape index (κ3) is 4.32. The Hall–Kier alpha value is -2.96. The molecule has 130 valence electrons. The minimum atomic E-state index is -4.24. The Kier molecular flexibility index (Phi) is 4.65. The molecule has 0 aliphatic carbocycles. The second-order valence-electron chi connectivity index (χ2n) is 5.44. The first-order chi connectivity index (χ1) is 11.9. The molecule has 0 amide bonds. The molecule has 0 unspecified atom stereocenters. The molecule has 0 fully saturated rings. The van der Waals surface area contributed by atoms with Crippen LogP contribution in [0.25, 0.3) is 16.9 Å². The first kappa shape index (κ1) is 16.9. The van der Waals surface area contributed by atoms with Gasteiger partial charge in [0, 0.05) is 11.6 Å². The quantitative estimate of drug-likeness (QED) is 0.742. The van der Waals surface area contributed by atoms with Crippen LogP contribution in [0.4, 0.5) is 19.0 Å². The van der Waals surface area contributed by atoms with Crippen LogP contribution in [-0.4, -0.2) is 22.6 Å². The van der Waals surface area contributed by atoms with Crippen molar-refractivity contribution in [1.82, 2.24) is 9.78 Å². The van der Waals surface area contributed by atoms with Crippen molar-refractivity contribution >= 4 is 5.82 Å². The van der Waals surface area contributed by atoms with E-state index in [2.05, 4.69) is 5.10 Å². The number of nitrogens with two attached hydrogens (primary N) is 1. The highest BCUT2D eigenvalue weighted by Crippen LogP contribution is 2.28. The molecule has 0 atom stereocenters. The third-order valence-corrected chi connectivity index (χ3v) is 3.51. The zero-order valence-corrected chi connectivity index (χ0v) is 13.2. The SMILES string of the molecule is Nc1cc(-c2cccc(OCCC(F)(F)F)c2)n(-c2ccccc2)n1. The predicted octanol–water partition coefficient (Wildman–Crippen LogP) is 4.45. The molecule has 0 bridgehead atoms. The molecule has 3 rings (SSSR count). The summed E-state index contributed by atoms with van der Waals surface area (Å²) >= 11 is 0. The zero-order chi connectivity index (χ0) is 17.9. The predicted molar refractivity (Wildman–Crippen MR) is 89.6 cm³/mol. The molecule has 7 heteroatoms. The van der Waals surface area contributed by atoms with Crippen LogP contribution in [0.3, 0.4) is 0 Å². The first-order valence-electron chi connectivity index (χ1n) is 7.63. The molecular formula is C18H16F3N3O. The molecule has 0 aliphatic heterocycles. The number of hydrogen-bond acceptors (Lipinski definition) is 3. The minimum absolute atomic E-state index is 0.349. The van der Waals surface area contributed by atoms with Gasteiger partial charge in [0.25, 0.3) is 0 Å². The van der Waals surface area contributed by atoms with Gasteiger partial charge in [-0.2, -0.15) is 18.3 Å². The number of para-hydroxylation sites is 1. The van der Waals surface area contributed by atoms with E-state index in [0.717, 1.165) is 16.9 Å². The molecule has 1 aromatic heterocycles. The number of anilines is 1. The number of nitrogen functional groups attached to an aromatic ring is 1. The third-order valence-electron chi connectivity index (χ3n) is 3.51. The Morgan fingerprint density at radius 2 is 1.76 bits per heavy atom. The van der Waals surface area contributed by atoms with Crippen molar-refractivity contribution in [1.29, 1.82) is 0 Å². The van der Waals surface area contributed by atoms with Crippen LogP contribution >= 0.6 is 0 Å². The van der Waals surface area contributed by atoms with Crippen LogP contribution in [0.15, 0.2) is 60.7 Å². The Bertz CT molecular complexity index is 844. The Morgan fingerprint density at radius 3 is 2.48 bits per heavy atom. The van der Waals surface area contributed by atoms with E-state index in [1.807, 2.05) is 36.4 Å². The summed E-state index contributed by atoms with van der Waals surface area (Å²) in [5.74, 6) is 0.711. The summed E-state index contributed by atoms with van der Waals surface area (Å²) in [6.45, 7) is -0.424. The zero-order valence-electron chi connectivity index (χ0n) is 13.2. The fourth-order valence-corrected chi connectivity index (χ4v) is 2.40. The number of halogens is 3. The van der Waals surface area contributed by atoms with Crippen molar-refractivity contribution in [2.75, 3.05) is 12.3 Å². The molecule has 2 aromatic carbocycles. The monoisotopic (exact) mass is 347 g/mol. The summed E-state index contributed by atoms with van der Waals surface area (Å²) in [4.78, 5) is 0. The molecule has 0 aliphatic rings. The van der Waals surface area contributed by atoms with Gasteiger partial charge in [-0.25, -0.2) is 4.68 Å². The topological polar surface area (TPSA) is 53.1 Å². The standard InChI is InChI=1S/C18H16F3N3O/c19-18(20,21)9-10-25-15-8-4-5-13(11-15)16-12-17(22)23-24(16)14-6-2-1-3-7-14/h1-8,11-12H,9-10H2,(H2,22,23). The van der Waals surface area contributed by atoms with E-state index in [4.69, 9.17) is 10.5 Å². The minimum Gasteiger partial charge on any atom is -0.493 e. The summed E-state index contributed by atoms with van der Waals surface area (Å²) in [6, 6.07) is 18.0. The van der Waals surface area contributed by atoms with Crippen LogP contribution in [-0.2, 0) is 0 Å². The summed E-state index contributed by atoms with van der Waals surface area (Å²) in [6.07, 6.45) is -5.23. The second-order valence-corrected chi connectivity index (χ2v) is 5.44. The molecule has 0 spiro atoms. The number of benzene rings is 2. The summed E-state index contributed by atoms with van der Waals surface area (Å²) in [7, 11) is 0. The van der Waals surface area contributed by atoms with Crippen molar-refractivity contribution in [3.8, 4) is 22.7 Å². The molecule has 4 nitrogen and oxygen atoms in total. The molecule has 25 heavy (non-hydrogen) atoms.